The standard InChI is InChI=1S/C19H18FNOS/c1-2-11-10-12(6-7-13(11)20)17-18-14(4-3-5-16(18)22)21-15-8-9-23-19(15)17/h2,6-7,10,17,19H,1,3-5,8-9H2. The average molecular weight is 327 g/mol. The van der Waals surface area contributed by atoms with E-state index in [0.29, 0.717) is 12.0 Å². The molecule has 0 saturated carbocycles. The molecule has 2 nitrogen and oxygen atoms in total. The van der Waals surface area contributed by atoms with Gasteiger partial charge in [0.15, 0.2) is 5.78 Å². The third kappa shape index (κ3) is 2.40. The minimum absolute atomic E-state index is 0.0112. The average Bonchev–Trinajstić information content (AvgIpc) is 3.02. The highest BCUT2D eigenvalue weighted by Gasteiger charge is 2.42. The van der Waals surface area contributed by atoms with Gasteiger partial charge in [-0.15, -0.1) is 0 Å². The zero-order chi connectivity index (χ0) is 16.0. The molecule has 4 rings (SSSR count). The number of carbonyl (C=O) groups is 1. The topological polar surface area (TPSA) is 29.4 Å². The Morgan fingerprint density at radius 2 is 2.17 bits per heavy atom. The zero-order valence-electron chi connectivity index (χ0n) is 12.8. The number of nitrogens with zero attached hydrogens (tertiary/aromatic N) is 1. The van der Waals surface area contributed by atoms with Crippen LogP contribution < -0.4 is 0 Å². The summed E-state index contributed by atoms with van der Waals surface area (Å²) >= 11 is 1.87. The van der Waals surface area contributed by atoms with Crippen molar-refractivity contribution >= 4 is 29.3 Å². The summed E-state index contributed by atoms with van der Waals surface area (Å²) in [7, 11) is 0. The Hall–Kier alpha value is -1.68. The van der Waals surface area contributed by atoms with Crippen molar-refractivity contribution in [2.75, 3.05) is 5.75 Å². The monoisotopic (exact) mass is 327 g/mol. The van der Waals surface area contributed by atoms with Crippen LogP contribution in [0.3, 0.4) is 0 Å². The number of thioether (sulfide) groups is 1. The van der Waals surface area contributed by atoms with Gasteiger partial charge in [-0.1, -0.05) is 18.7 Å². The summed E-state index contributed by atoms with van der Waals surface area (Å²) in [5.41, 5.74) is 4.57. The van der Waals surface area contributed by atoms with Gasteiger partial charge in [0, 0.05) is 34.9 Å². The van der Waals surface area contributed by atoms with Crippen LogP contribution in [0.15, 0.2) is 41.0 Å². The van der Waals surface area contributed by atoms with Crippen LogP contribution in [-0.4, -0.2) is 22.5 Å². The molecule has 0 N–H and O–H groups in total. The normalized spacial score (nSPS) is 26.7. The van der Waals surface area contributed by atoms with Crippen LogP contribution in [0.2, 0.25) is 0 Å². The number of hydrogen-bond acceptors (Lipinski definition) is 3. The Morgan fingerprint density at radius 3 is 3.00 bits per heavy atom. The lowest BCUT2D eigenvalue weighted by Crippen LogP contribution is -2.32. The van der Waals surface area contributed by atoms with Crippen LogP contribution in [0.4, 0.5) is 4.39 Å². The molecule has 0 amide bonds. The highest BCUT2D eigenvalue weighted by atomic mass is 32.2. The fourth-order valence-electron chi connectivity index (χ4n) is 3.83. The van der Waals surface area contributed by atoms with E-state index in [-0.39, 0.29) is 22.8 Å². The van der Waals surface area contributed by atoms with E-state index < -0.39 is 0 Å². The predicted molar refractivity (Wildman–Crippen MR) is 93.4 cm³/mol. The predicted octanol–water partition coefficient (Wildman–Crippen LogP) is 4.52. The molecule has 1 aromatic rings. The molecule has 1 saturated heterocycles. The van der Waals surface area contributed by atoms with Gasteiger partial charge >= 0.3 is 0 Å². The maximum absolute atomic E-state index is 13.8. The third-order valence-corrected chi connectivity index (χ3v) is 6.25. The number of carbonyl (C=O) groups excluding carboxylic acids is 1. The molecule has 2 unspecified atom stereocenters. The maximum Gasteiger partial charge on any atom is 0.161 e. The lowest BCUT2D eigenvalue weighted by Gasteiger charge is -2.33. The van der Waals surface area contributed by atoms with Gasteiger partial charge in [0.1, 0.15) is 5.82 Å². The summed E-state index contributed by atoms with van der Waals surface area (Å²) in [5.74, 6) is 1.01. The van der Waals surface area contributed by atoms with Crippen LogP contribution in [0.25, 0.3) is 6.08 Å². The van der Waals surface area contributed by atoms with Gasteiger partial charge in [-0.25, -0.2) is 4.39 Å². The first-order chi connectivity index (χ1) is 11.2. The number of benzene rings is 1. The number of aliphatic imine (C=N–C) groups is 1. The molecule has 1 aromatic carbocycles. The van der Waals surface area contributed by atoms with Crippen LogP contribution in [0, 0.1) is 5.82 Å². The van der Waals surface area contributed by atoms with Crippen LogP contribution in [-0.2, 0) is 4.79 Å². The summed E-state index contributed by atoms with van der Waals surface area (Å²) in [6.07, 6.45) is 4.91. The second-order valence-electron chi connectivity index (χ2n) is 6.24. The number of rotatable bonds is 2. The second kappa shape index (κ2) is 5.75. The Labute approximate surface area is 139 Å². The van der Waals surface area contributed by atoms with E-state index in [4.69, 9.17) is 4.99 Å². The van der Waals surface area contributed by atoms with Crippen molar-refractivity contribution in [2.45, 2.75) is 36.9 Å². The van der Waals surface area contributed by atoms with Crippen LogP contribution >= 0.6 is 11.8 Å². The number of hydrogen-bond donors (Lipinski definition) is 0. The van der Waals surface area contributed by atoms with Gasteiger partial charge in [-0.3, -0.25) is 9.79 Å². The molecule has 1 aliphatic carbocycles. The van der Waals surface area contributed by atoms with Crippen molar-refractivity contribution in [1.82, 2.24) is 0 Å². The van der Waals surface area contributed by atoms with Crippen LogP contribution in [0.5, 0.6) is 0 Å². The van der Waals surface area contributed by atoms with Crippen molar-refractivity contribution in [3.05, 3.63) is 53.0 Å². The van der Waals surface area contributed by atoms with Crippen molar-refractivity contribution < 1.29 is 9.18 Å². The number of halogens is 1. The first-order valence-corrected chi connectivity index (χ1v) is 9.11. The molecule has 2 heterocycles. The number of Topliss-reactive ketones (excluding diaryl/α,β-unsaturated/α-hetero) is 1. The van der Waals surface area contributed by atoms with E-state index in [1.54, 1.807) is 0 Å². The molecule has 3 aliphatic rings. The summed E-state index contributed by atoms with van der Waals surface area (Å²) in [6, 6.07) is 5.16. The minimum atomic E-state index is -0.267. The Kier molecular flexibility index (Phi) is 3.72. The van der Waals surface area contributed by atoms with Gasteiger partial charge in [0.05, 0.1) is 5.25 Å². The Bertz CT molecular complexity index is 765. The summed E-state index contributed by atoms with van der Waals surface area (Å²) in [6.45, 7) is 3.69. The lowest BCUT2D eigenvalue weighted by molar-refractivity contribution is -0.116. The van der Waals surface area contributed by atoms with E-state index in [1.807, 2.05) is 23.9 Å². The summed E-state index contributed by atoms with van der Waals surface area (Å²) in [5, 5.41) is 0.221. The minimum Gasteiger partial charge on any atom is -0.294 e. The fraction of sp³-hybridized carbons (Fsp3) is 0.368. The van der Waals surface area contributed by atoms with E-state index >= 15 is 0 Å². The van der Waals surface area contributed by atoms with Crippen molar-refractivity contribution in [3.8, 4) is 0 Å². The SMILES string of the molecule is C=Cc1cc(C2C3=C(CCCC3=O)N=C3CCSC32)ccc1F. The Morgan fingerprint density at radius 1 is 1.30 bits per heavy atom. The molecule has 0 radical (unpaired) electrons. The van der Waals surface area contributed by atoms with Crippen molar-refractivity contribution in [1.29, 1.82) is 0 Å². The molecular weight excluding hydrogens is 309 g/mol. The highest BCUT2D eigenvalue weighted by molar-refractivity contribution is 8.01. The molecular formula is C19H18FNOS. The van der Waals surface area contributed by atoms with Gasteiger partial charge < -0.3 is 0 Å². The smallest absolute Gasteiger partial charge is 0.161 e. The summed E-state index contributed by atoms with van der Waals surface area (Å²) in [4.78, 5) is 17.4. The molecule has 23 heavy (non-hydrogen) atoms. The van der Waals surface area contributed by atoms with E-state index in [9.17, 15) is 9.18 Å². The molecule has 0 bridgehead atoms. The molecule has 0 aromatic heterocycles. The van der Waals surface area contributed by atoms with Crippen molar-refractivity contribution in [2.24, 2.45) is 4.99 Å². The molecule has 0 spiro atoms. The number of allylic oxidation sites excluding steroid dienone is 2. The second-order valence-corrected chi connectivity index (χ2v) is 7.49. The first kappa shape index (κ1) is 14.9. The van der Waals surface area contributed by atoms with E-state index in [1.165, 1.54) is 17.9 Å². The molecule has 4 heteroatoms. The summed E-state index contributed by atoms with van der Waals surface area (Å²) < 4.78 is 13.8. The maximum atomic E-state index is 13.8. The molecule has 2 aliphatic heterocycles. The highest BCUT2D eigenvalue weighted by Crippen LogP contribution is 2.47. The van der Waals surface area contributed by atoms with Crippen LogP contribution in [0.1, 0.15) is 42.7 Å². The Balaban J connectivity index is 1.87. The largest absolute Gasteiger partial charge is 0.294 e. The number of ketones is 1. The molecule has 2 atom stereocenters. The molecule has 1 fully saturated rings. The van der Waals surface area contributed by atoms with Gasteiger partial charge in [0.25, 0.3) is 0 Å². The zero-order valence-corrected chi connectivity index (χ0v) is 13.7. The van der Waals surface area contributed by atoms with Gasteiger partial charge in [-0.05, 0) is 42.7 Å². The van der Waals surface area contributed by atoms with Gasteiger partial charge in [0.2, 0.25) is 0 Å². The molecule has 118 valence electrons. The lowest BCUT2D eigenvalue weighted by atomic mass is 9.77. The third-order valence-electron chi connectivity index (χ3n) is 4.90. The van der Waals surface area contributed by atoms with E-state index in [2.05, 4.69) is 6.58 Å². The van der Waals surface area contributed by atoms with Crippen molar-refractivity contribution in [3.63, 3.8) is 0 Å². The number of fused-ring (bicyclic) bond motifs is 1. The van der Waals surface area contributed by atoms with Gasteiger partial charge in [-0.2, -0.15) is 11.8 Å². The first-order valence-electron chi connectivity index (χ1n) is 8.06. The van der Waals surface area contributed by atoms with E-state index in [0.717, 1.165) is 41.8 Å². The quantitative estimate of drug-likeness (QED) is 0.799. The fourth-order valence-corrected chi connectivity index (χ4v) is 5.26.